The molecule has 0 aromatic heterocycles. The molecule has 2 fully saturated rings. The van der Waals surface area contributed by atoms with Crippen LogP contribution in [0.2, 0.25) is 0 Å². The van der Waals surface area contributed by atoms with Crippen LogP contribution in [0.4, 0.5) is 13.2 Å². The fourth-order valence-electron chi connectivity index (χ4n) is 3.68. The highest BCUT2D eigenvalue weighted by molar-refractivity contribution is 6.03. The number of nitrogens with two attached hydrogens (primary N) is 1. The Morgan fingerprint density at radius 3 is 2.26 bits per heavy atom. The summed E-state index contributed by atoms with van der Waals surface area (Å²) in [6.45, 7) is 3.09. The molecule has 0 radical (unpaired) electrons. The molecule has 3 N–H and O–H groups in total. The number of hydrogen-bond donors (Lipinski definition) is 2. The summed E-state index contributed by atoms with van der Waals surface area (Å²) in [7, 11) is 0. The molecule has 1 saturated carbocycles. The number of alkyl halides is 3. The van der Waals surface area contributed by atoms with Crippen molar-refractivity contribution in [3.8, 4) is 0 Å². The molecule has 3 amide bonds. The second-order valence-corrected chi connectivity index (χ2v) is 7.70. The molecular weight excluding hydrogens is 363 g/mol. The number of carbonyl (C=O) groups is 3. The highest BCUT2D eigenvalue weighted by atomic mass is 19.4. The quantitative estimate of drug-likeness (QED) is 0.830. The van der Waals surface area contributed by atoms with Crippen LogP contribution in [0.1, 0.15) is 37.8 Å². The van der Waals surface area contributed by atoms with Gasteiger partial charge in [-0.3, -0.25) is 14.4 Å². The third kappa shape index (κ3) is 3.15. The van der Waals surface area contributed by atoms with Gasteiger partial charge < -0.3 is 16.0 Å². The molecule has 0 bridgehead atoms. The SMILES string of the molecule is CC1(C)NC(=O)C2(CC(C(N)=O)C2)N(Cc2ccc(C(F)(F)F)cc2)C1=O. The summed E-state index contributed by atoms with van der Waals surface area (Å²) < 4.78 is 38.2. The Kier molecular flexibility index (Phi) is 4.24. The minimum absolute atomic E-state index is 0.0285. The summed E-state index contributed by atoms with van der Waals surface area (Å²) in [6, 6.07) is 4.45. The summed E-state index contributed by atoms with van der Waals surface area (Å²) in [5, 5.41) is 2.67. The number of amides is 3. The molecule has 9 heteroatoms. The van der Waals surface area contributed by atoms with Crippen molar-refractivity contribution in [2.45, 2.75) is 50.5 Å². The largest absolute Gasteiger partial charge is 0.416 e. The molecule has 1 aromatic carbocycles. The van der Waals surface area contributed by atoms with Crippen molar-refractivity contribution < 1.29 is 27.6 Å². The van der Waals surface area contributed by atoms with Crippen molar-refractivity contribution in [3.05, 3.63) is 35.4 Å². The lowest BCUT2D eigenvalue weighted by Crippen LogP contribution is -2.77. The van der Waals surface area contributed by atoms with E-state index >= 15 is 0 Å². The molecule has 1 aliphatic carbocycles. The fraction of sp³-hybridized carbons (Fsp3) is 0.500. The summed E-state index contributed by atoms with van der Waals surface area (Å²) >= 11 is 0. The van der Waals surface area contributed by atoms with Crippen LogP contribution in [-0.4, -0.2) is 33.7 Å². The van der Waals surface area contributed by atoms with E-state index in [-0.39, 0.29) is 31.2 Å². The molecule has 27 heavy (non-hydrogen) atoms. The van der Waals surface area contributed by atoms with Crippen LogP contribution in [0.25, 0.3) is 0 Å². The van der Waals surface area contributed by atoms with Gasteiger partial charge in [0.1, 0.15) is 11.1 Å². The number of piperazine rings is 1. The van der Waals surface area contributed by atoms with Gasteiger partial charge in [-0.1, -0.05) is 12.1 Å². The van der Waals surface area contributed by atoms with Crippen LogP contribution in [-0.2, 0) is 27.1 Å². The fourth-order valence-corrected chi connectivity index (χ4v) is 3.68. The Morgan fingerprint density at radius 1 is 1.22 bits per heavy atom. The summed E-state index contributed by atoms with van der Waals surface area (Å²) in [5.74, 6) is -1.79. The second kappa shape index (κ2) is 5.97. The third-order valence-electron chi connectivity index (χ3n) is 5.34. The predicted octanol–water partition coefficient (Wildman–Crippen LogP) is 1.58. The summed E-state index contributed by atoms with van der Waals surface area (Å²) in [4.78, 5) is 38.4. The molecule has 2 aliphatic rings. The Labute approximate surface area is 153 Å². The van der Waals surface area contributed by atoms with E-state index < -0.39 is 34.6 Å². The van der Waals surface area contributed by atoms with Crippen LogP contribution in [0.15, 0.2) is 24.3 Å². The molecule has 0 atom stereocenters. The monoisotopic (exact) mass is 383 g/mol. The molecule has 1 saturated heterocycles. The van der Waals surface area contributed by atoms with Crippen LogP contribution >= 0.6 is 0 Å². The zero-order valence-electron chi connectivity index (χ0n) is 14.9. The smallest absolute Gasteiger partial charge is 0.369 e. The van der Waals surface area contributed by atoms with Gasteiger partial charge in [0.15, 0.2) is 0 Å². The molecule has 1 heterocycles. The van der Waals surface area contributed by atoms with Crippen molar-refractivity contribution in [2.24, 2.45) is 11.7 Å². The van der Waals surface area contributed by atoms with Gasteiger partial charge >= 0.3 is 6.18 Å². The average Bonchev–Trinajstić information content (AvgIpc) is 2.49. The lowest BCUT2D eigenvalue weighted by Gasteiger charge is -2.57. The van der Waals surface area contributed by atoms with Crippen LogP contribution in [0.5, 0.6) is 0 Å². The number of carbonyl (C=O) groups excluding carboxylic acids is 3. The number of rotatable bonds is 3. The predicted molar refractivity (Wildman–Crippen MR) is 88.9 cm³/mol. The van der Waals surface area contributed by atoms with Crippen molar-refractivity contribution in [2.75, 3.05) is 0 Å². The highest BCUT2D eigenvalue weighted by Gasteiger charge is 2.62. The first-order valence-electron chi connectivity index (χ1n) is 8.47. The van der Waals surface area contributed by atoms with Gasteiger partial charge in [-0.2, -0.15) is 13.2 Å². The molecular formula is C18H20F3N3O3. The van der Waals surface area contributed by atoms with E-state index in [2.05, 4.69) is 5.32 Å². The lowest BCUT2D eigenvalue weighted by molar-refractivity contribution is -0.174. The minimum Gasteiger partial charge on any atom is -0.369 e. The molecule has 1 aromatic rings. The standard InChI is InChI=1S/C18H20F3N3O3/c1-16(2)15(27)24(9-10-3-5-12(6-4-10)18(19,20)21)17(14(26)23-16)7-11(8-17)13(22)25/h3-6,11H,7-9H2,1-2H3,(H2,22,25)(H,23,26). The number of hydrogen-bond acceptors (Lipinski definition) is 3. The van der Waals surface area contributed by atoms with Gasteiger partial charge in [-0.25, -0.2) is 0 Å². The number of halogens is 3. The zero-order chi connectivity index (χ0) is 20.2. The van der Waals surface area contributed by atoms with E-state index in [0.717, 1.165) is 12.1 Å². The van der Waals surface area contributed by atoms with Crippen molar-refractivity contribution in [1.82, 2.24) is 10.2 Å². The molecule has 6 nitrogen and oxygen atoms in total. The number of primary amides is 1. The van der Waals surface area contributed by atoms with E-state index in [0.29, 0.717) is 5.56 Å². The van der Waals surface area contributed by atoms with Gasteiger partial charge in [0.05, 0.1) is 5.56 Å². The first-order chi connectivity index (χ1) is 12.4. The lowest BCUT2D eigenvalue weighted by atomic mass is 9.64. The van der Waals surface area contributed by atoms with Crippen molar-refractivity contribution >= 4 is 17.7 Å². The highest BCUT2D eigenvalue weighted by Crippen LogP contribution is 2.46. The maximum Gasteiger partial charge on any atom is 0.416 e. The number of benzene rings is 1. The van der Waals surface area contributed by atoms with Crippen LogP contribution < -0.4 is 11.1 Å². The van der Waals surface area contributed by atoms with Gasteiger partial charge in [0.2, 0.25) is 17.7 Å². The van der Waals surface area contributed by atoms with Gasteiger partial charge in [0, 0.05) is 12.5 Å². The molecule has 3 rings (SSSR count). The average molecular weight is 383 g/mol. The molecule has 146 valence electrons. The second-order valence-electron chi connectivity index (χ2n) is 7.70. The zero-order valence-corrected chi connectivity index (χ0v) is 14.9. The summed E-state index contributed by atoms with van der Waals surface area (Å²) in [6.07, 6.45) is -4.24. The van der Waals surface area contributed by atoms with Gasteiger partial charge in [0.25, 0.3) is 0 Å². The Bertz CT molecular complexity index is 796. The summed E-state index contributed by atoms with van der Waals surface area (Å²) in [5.41, 5.74) is 2.62. The topological polar surface area (TPSA) is 92.5 Å². The first kappa shape index (κ1) is 19.2. The van der Waals surface area contributed by atoms with E-state index in [1.807, 2.05) is 0 Å². The molecule has 0 unspecified atom stereocenters. The van der Waals surface area contributed by atoms with Crippen molar-refractivity contribution in [3.63, 3.8) is 0 Å². The maximum atomic E-state index is 12.9. The van der Waals surface area contributed by atoms with Crippen LogP contribution in [0.3, 0.4) is 0 Å². The Balaban J connectivity index is 1.90. The van der Waals surface area contributed by atoms with Crippen molar-refractivity contribution in [1.29, 1.82) is 0 Å². The number of nitrogens with zero attached hydrogens (tertiary/aromatic N) is 1. The maximum absolute atomic E-state index is 12.9. The Hall–Kier alpha value is -2.58. The molecule has 1 aliphatic heterocycles. The molecule has 1 spiro atoms. The third-order valence-corrected chi connectivity index (χ3v) is 5.34. The first-order valence-corrected chi connectivity index (χ1v) is 8.47. The normalized spacial score (nSPS) is 27.3. The number of nitrogens with one attached hydrogen (secondary N) is 1. The van der Waals surface area contributed by atoms with Crippen LogP contribution in [0, 0.1) is 5.92 Å². The Morgan fingerprint density at radius 2 is 1.78 bits per heavy atom. The van der Waals surface area contributed by atoms with Gasteiger partial charge in [-0.15, -0.1) is 0 Å². The van der Waals surface area contributed by atoms with E-state index in [4.69, 9.17) is 5.73 Å². The van der Waals surface area contributed by atoms with E-state index in [9.17, 15) is 27.6 Å². The minimum atomic E-state index is -4.45. The van der Waals surface area contributed by atoms with E-state index in [1.54, 1.807) is 13.8 Å². The van der Waals surface area contributed by atoms with Gasteiger partial charge in [-0.05, 0) is 44.4 Å². The van der Waals surface area contributed by atoms with E-state index in [1.165, 1.54) is 17.0 Å².